The number of hydrogen-bond donors (Lipinski definition) is 3. The smallest absolute Gasteiger partial charge is 0.425 e. The fourth-order valence-corrected chi connectivity index (χ4v) is 3.87. The molecule has 0 bridgehead atoms. The molecule has 1 atom stereocenters. The summed E-state index contributed by atoms with van der Waals surface area (Å²) < 4.78 is 73.0. The van der Waals surface area contributed by atoms with Crippen molar-refractivity contribution in [2.45, 2.75) is 24.9 Å². The van der Waals surface area contributed by atoms with Gasteiger partial charge in [-0.05, 0) is 23.8 Å². The maximum atomic E-state index is 14.6. The standard InChI is InChI=1S/C25H19ClF5N7O4/c26-18-12-33-19(35-13-24(27,28)17-7-3-4-9-32-17)21(40)38(18)22(42-23(41)25(29,30)31)20(39)34-11-14-5-1-2-6-15(14)16-8-10-36-37-16/h1-10,12,22H,11,13H2,(H,33,35)(H,34,39)(H,36,37). The van der Waals surface area contributed by atoms with Crippen molar-refractivity contribution in [3.8, 4) is 11.3 Å². The lowest BCUT2D eigenvalue weighted by Gasteiger charge is -2.22. The molecule has 220 valence electrons. The van der Waals surface area contributed by atoms with E-state index < -0.39 is 59.0 Å². The molecule has 3 N–H and O–H groups in total. The maximum absolute atomic E-state index is 14.6. The van der Waals surface area contributed by atoms with Crippen LogP contribution in [0.1, 0.15) is 17.5 Å². The van der Waals surface area contributed by atoms with E-state index in [9.17, 15) is 36.3 Å². The topological polar surface area (TPSA) is 144 Å². The number of amides is 1. The SMILES string of the molecule is O=C(NCc1ccccc1-c1ccn[nH]1)C(OC(=O)C(F)(F)F)n1c(Cl)cnc(NCC(F)(F)c2ccccn2)c1=O. The van der Waals surface area contributed by atoms with Crippen LogP contribution >= 0.6 is 11.6 Å². The second-order valence-electron chi connectivity index (χ2n) is 8.48. The molecule has 0 saturated heterocycles. The van der Waals surface area contributed by atoms with Crippen molar-refractivity contribution in [1.82, 2.24) is 30.0 Å². The highest BCUT2D eigenvalue weighted by Gasteiger charge is 2.44. The van der Waals surface area contributed by atoms with Crippen LogP contribution in [0.5, 0.6) is 0 Å². The molecule has 11 nitrogen and oxygen atoms in total. The molecule has 1 aromatic carbocycles. The summed E-state index contributed by atoms with van der Waals surface area (Å²) >= 11 is 5.98. The van der Waals surface area contributed by atoms with E-state index in [1.807, 2.05) is 0 Å². The Kier molecular flexibility index (Phi) is 8.84. The number of nitrogens with zero attached hydrogens (tertiary/aromatic N) is 4. The molecule has 42 heavy (non-hydrogen) atoms. The first-order chi connectivity index (χ1) is 19.9. The molecule has 0 radical (unpaired) electrons. The molecule has 4 rings (SSSR count). The molecule has 3 aromatic heterocycles. The van der Waals surface area contributed by atoms with Crippen molar-refractivity contribution >= 4 is 29.3 Å². The summed E-state index contributed by atoms with van der Waals surface area (Å²) in [7, 11) is 0. The number of benzene rings is 1. The number of hydrogen-bond acceptors (Lipinski definition) is 8. The zero-order valence-corrected chi connectivity index (χ0v) is 21.8. The number of pyridine rings is 1. The number of esters is 1. The van der Waals surface area contributed by atoms with E-state index in [1.54, 1.807) is 30.3 Å². The number of H-pyrrole nitrogens is 1. The van der Waals surface area contributed by atoms with Crippen LogP contribution < -0.4 is 16.2 Å². The van der Waals surface area contributed by atoms with E-state index in [-0.39, 0.29) is 11.1 Å². The van der Waals surface area contributed by atoms with Crippen LogP contribution in [0, 0.1) is 0 Å². The normalized spacial score (nSPS) is 12.4. The Morgan fingerprint density at radius 2 is 1.76 bits per heavy atom. The summed E-state index contributed by atoms with van der Waals surface area (Å²) in [5.41, 5.74) is -0.445. The van der Waals surface area contributed by atoms with Gasteiger partial charge in [-0.25, -0.2) is 14.3 Å². The molecular formula is C25H19ClF5N7O4. The highest BCUT2D eigenvalue weighted by atomic mass is 35.5. The summed E-state index contributed by atoms with van der Waals surface area (Å²) in [4.78, 5) is 45.1. The number of alkyl halides is 5. The van der Waals surface area contributed by atoms with Gasteiger partial charge in [-0.3, -0.25) is 19.7 Å². The first-order valence-corrected chi connectivity index (χ1v) is 12.2. The predicted octanol–water partition coefficient (Wildman–Crippen LogP) is 3.81. The number of carbonyl (C=O) groups is 2. The van der Waals surface area contributed by atoms with Gasteiger partial charge in [0.15, 0.2) is 5.82 Å². The third-order valence-corrected chi connectivity index (χ3v) is 5.92. The molecule has 0 aliphatic carbocycles. The molecule has 1 amide bonds. The number of halogens is 6. The van der Waals surface area contributed by atoms with Gasteiger partial charge in [-0.1, -0.05) is 41.9 Å². The number of aromatic amines is 1. The van der Waals surface area contributed by atoms with Crippen molar-refractivity contribution in [2.75, 3.05) is 11.9 Å². The zero-order valence-electron chi connectivity index (χ0n) is 21.0. The van der Waals surface area contributed by atoms with Crippen molar-refractivity contribution in [2.24, 2.45) is 0 Å². The van der Waals surface area contributed by atoms with Gasteiger partial charge in [0, 0.05) is 24.5 Å². The van der Waals surface area contributed by atoms with Crippen LogP contribution in [0.3, 0.4) is 0 Å². The summed E-state index contributed by atoms with van der Waals surface area (Å²) in [5, 5.41) is 10.2. The monoisotopic (exact) mass is 611 g/mol. The Morgan fingerprint density at radius 1 is 1.02 bits per heavy atom. The first-order valence-electron chi connectivity index (χ1n) is 11.8. The Morgan fingerprint density at radius 3 is 2.43 bits per heavy atom. The molecule has 0 saturated carbocycles. The lowest BCUT2D eigenvalue weighted by atomic mass is 10.0. The van der Waals surface area contributed by atoms with E-state index >= 15 is 0 Å². The fraction of sp³-hybridized carbons (Fsp3) is 0.200. The highest BCUT2D eigenvalue weighted by Crippen LogP contribution is 2.27. The first kappa shape index (κ1) is 30.1. The summed E-state index contributed by atoms with van der Waals surface area (Å²) in [5.74, 6) is -8.62. The number of carbonyl (C=O) groups excluding carboxylic acids is 2. The van der Waals surface area contributed by atoms with E-state index in [0.717, 1.165) is 12.3 Å². The van der Waals surface area contributed by atoms with Crippen LogP contribution in [0.15, 0.2) is 71.9 Å². The quantitative estimate of drug-likeness (QED) is 0.181. The van der Waals surface area contributed by atoms with Crippen LogP contribution in [0.25, 0.3) is 11.3 Å². The van der Waals surface area contributed by atoms with Crippen molar-refractivity contribution < 1.29 is 36.3 Å². The second kappa shape index (κ2) is 12.3. The molecule has 0 aliphatic heterocycles. The fourth-order valence-electron chi connectivity index (χ4n) is 3.65. The lowest BCUT2D eigenvalue weighted by molar-refractivity contribution is -0.209. The van der Waals surface area contributed by atoms with Gasteiger partial charge in [-0.15, -0.1) is 0 Å². The van der Waals surface area contributed by atoms with Gasteiger partial charge in [0.25, 0.3) is 17.7 Å². The van der Waals surface area contributed by atoms with Crippen molar-refractivity contribution in [3.05, 3.63) is 93.9 Å². The number of ether oxygens (including phenoxy) is 1. The van der Waals surface area contributed by atoms with Gasteiger partial charge in [0.05, 0.1) is 18.4 Å². The Bertz CT molecular complexity index is 1620. The van der Waals surface area contributed by atoms with Crippen molar-refractivity contribution in [1.29, 1.82) is 0 Å². The van der Waals surface area contributed by atoms with Crippen LogP contribution in [-0.4, -0.2) is 49.3 Å². The van der Waals surface area contributed by atoms with E-state index in [0.29, 0.717) is 23.0 Å². The molecule has 0 fully saturated rings. The average molecular weight is 612 g/mol. The van der Waals surface area contributed by atoms with Gasteiger partial charge >= 0.3 is 18.1 Å². The minimum atomic E-state index is -5.55. The Balaban J connectivity index is 1.63. The molecule has 0 spiro atoms. The van der Waals surface area contributed by atoms with Gasteiger partial charge < -0.3 is 15.4 Å². The van der Waals surface area contributed by atoms with Crippen LogP contribution in [-0.2, 0) is 26.8 Å². The van der Waals surface area contributed by atoms with Gasteiger partial charge in [0.2, 0.25) is 0 Å². The molecule has 0 aliphatic rings. The lowest BCUT2D eigenvalue weighted by Crippen LogP contribution is -2.43. The number of nitrogens with one attached hydrogen (secondary N) is 3. The second-order valence-corrected chi connectivity index (χ2v) is 8.87. The summed E-state index contributed by atoms with van der Waals surface area (Å²) in [6.07, 6.45) is -4.84. The number of anilines is 1. The third kappa shape index (κ3) is 6.88. The molecular weight excluding hydrogens is 593 g/mol. The molecule has 1 unspecified atom stereocenters. The van der Waals surface area contributed by atoms with Gasteiger partial charge in [-0.2, -0.15) is 27.1 Å². The summed E-state index contributed by atoms with van der Waals surface area (Å²) in [6, 6.07) is 12.0. The van der Waals surface area contributed by atoms with Crippen LogP contribution in [0.4, 0.5) is 27.8 Å². The van der Waals surface area contributed by atoms with E-state index in [4.69, 9.17) is 11.6 Å². The summed E-state index contributed by atoms with van der Waals surface area (Å²) in [6.45, 7) is -1.51. The Labute approximate surface area is 237 Å². The minimum Gasteiger partial charge on any atom is -0.425 e. The van der Waals surface area contributed by atoms with E-state index in [2.05, 4.69) is 35.5 Å². The predicted molar refractivity (Wildman–Crippen MR) is 137 cm³/mol. The van der Waals surface area contributed by atoms with Gasteiger partial charge in [0.1, 0.15) is 10.8 Å². The number of aromatic nitrogens is 5. The minimum absolute atomic E-state index is 0.176. The molecule has 17 heteroatoms. The molecule has 4 aromatic rings. The largest absolute Gasteiger partial charge is 0.491 e. The zero-order chi connectivity index (χ0) is 30.5. The van der Waals surface area contributed by atoms with E-state index in [1.165, 1.54) is 18.3 Å². The number of rotatable bonds is 10. The molecule has 3 heterocycles. The third-order valence-electron chi connectivity index (χ3n) is 5.64. The Hall–Kier alpha value is -4.86. The maximum Gasteiger partial charge on any atom is 0.491 e. The highest BCUT2D eigenvalue weighted by molar-refractivity contribution is 6.29. The van der Waals surface area contributed by atoms with Crippen molar-refractivity contribution in [3.63, 3.8) is 0 Å². The van der Waals surface area contributed by atoms with Crippen LogP contribution in [0.2, 0.25) is 5.15 Å². The average Bonchev–Trinajstić information content (AvgIpc) is 3.50.